The monoisotopic (exact) mass is 390 g/mol. The molecule has 0 bridgehead atoms. The Kier molecular flexibility index (Phi) is 5.10. The Morgan fingerprint density at radius 2 is 1.76 bits per heavy atom. The van der Waals surface area contributed by atoms with E-state index in [1.54, 1.807) is 17.8 Å². The van der Waals surface area contributed by atoms with Crippen molar-refractivity contribution >= 4 is 21.6 Å². The minimum Gasteiger partial charge on any atom is -0.321 e. The molecule has 0 radical (unpaired) electrons. The molecule has 1 aromatic heterocycles. The van der Waals surface area contributed by atoms with Crippen molar-refractivity contribution in [3.63, 3.8) is 0 Å². The van der Waals surface area contributed by atoms with Crippen molar-refractivity contribution in [2.24, 2.45) is 7.05 Å². The van der Waals surface area contributed by atoms with Gasteiger partial charge in [0.05, 0.1) is 12.7 Å². The number of rotatable bonds is 4. The summed E-state index contributed by atoms with van der Waals surface area (Å²) < 4.78 is 55.6. The van der Waals surface area contributed by atoms with Gasteiger partial charge in [-0.3, -0.25) is 4.90 Å². The van der Waals surface area contributed by atoms with Gasteiger partial charge in [0.25, 0.3) is 0 Å². The van der Waals surface area contributed by atoms with Crippen molar-refractivity contribution in [3.8, 4) is 0 Å². The quantitative estimate of drug-likeness (QED) is 0.799. The fraction of sp³-hybridized carbons (Fsp3) is 0.400. The first-order valence-electron chi connectivity index (χ1n) is 7.63. The second kappa shape index (κ2) is 6.99. The molecule has 3 rings (SSSR count). The Morgan fingerprint density at radius 3 is 2.28 bits per heavy atom. The number of sulfonamides is 1. The first-order valence-corrected chi connectivity index (χ1v) is 9.45. The third-order valence-electron chi connectivity index (χ3n) is 4.24. The molecular weight excluding hydrogens is 374 g/mol. The summed E-state index contributed by atoms with van der Waals surface area (Å²) in [5, 5.41) is 0.520. The van der Waals surface area contributed by atoms with Crippen LogP contribution in [0.4, 0.5) is 8.78 Å². The van der Waals surface area contributed by atoms with Gasteiger partial charge in [-0.1, -0.05) is 17.7 Å². The first-order chi connectivity index (χ1) is 11.8. The number of halogens is 3. The topological polar surface area (TPSA) is 58.4 Å². The summed E-state index contributed by atoms with van der Waals surface area (Å²) in [5.74, 6) is -1.39. The van der Waals surface area contributed by atoms with E-state index < -0.39 is 26.6 Å². The molecule has 10 heteroatoms. The maximum absolute atomic E-state index is 13.8. The van der Waals surface area contributed by atoms with Gasteiger partial charge in [0.1, 0.15) is 22.6 Å². The van der Waals surface area contributed by atoms with Crippen LogP contribution >= 0.6 is 11.6 Å². The molecule has 0 atom stereocenters. The van der Waals surface area contributed by atoms with Gasteiger partial charge in [0, 0.05) is 33.2 Å². The molecule has 0 saturated carbocycles. The Hall–Kier alpha value is -1.55. The van der Waals surface area contributed by atoms with Crippen molar-refractivity contribution in [2.75, 3.05) is 26.2 Å². The van der Waals surface area contributed by atoms with Crippen molar-refractivity contribution < 1.29 is 17.2 Å². The molecule has 0 unspecified atom stereocenters. The van der Waals surface area contributed by atoms with Gasteiger partial charge in [-0.05, 0) is 12.1 Å². The van der Waals surface area contributed by atoms with Gasteiger partial charge in [0.2, 0.25) is 10.0 Å². The molecule has 25 heavy (non-hydrogen) atoms. The molecule has 0 N–H and O–H groups in total. The third kappa shape index (κ3) is 3.55. The lowest BCUT2D eigenvalue weighted by Gasteiger charge is -2.33. The molecular formula is C15H17ClF2N4O2S. The highest BCUT2D eigenvalue weighted by molar-refractivity contribution is 7.89. The molecule has 1 aromatic carbocycles. The van der Waals surface area contributed by atoms with Gasteiger partial charge in [-0.25, -0.2) is 22.2 Å². The number of aromatic nitrogens is 2. The van der Waals surface area contributed by atoms with Crippen LogP contribution in [0.3, 0.4) is 0 Å². The molecule has 0 amide bonds. The Balaban J connectivity index is 1.70. The maximum atomic E-state index is 13.8. The van der Waals surface area contributed by atoms with Crippen LogP contribution in [0.2, 0.25) is 5.15 Å². The van der Waals surface area contributed by atoms with Crippen molar-refractivity contribution in [1.82, 2.24) is 18.8 Å². The number of piperazine rings is 1. The Bertz CT molecular complexity index is 859. The molecule has 136 valence electrons. The minimum absolute atomic E-state index is 0.147. The van der Waals surface area contributed by atoms with E-state index in [1.165, 1.54) is 0 Å². The number of nitrogens with zero attached hydrogens (tertiary/aromatic N) is 4. The van der Waals surface area contributed by atoms with Crippen LogP contribution in [0.15, 0.2) is 29.3 Å². The number of hydrogen-bond donors (Lipinski definition) is 0. The van der Waals surface area contributed by atoms with Crippen molar-refractivity contribution in [1.29, 1.82) is 0 Å². The molecule has 0 aliphatic carbocycles. The fourth-order valence-electron chi connectivity index (χ4n) is 2.76. The second-order valence-corrected chi connectivity index (χ2v) is 8.05. The maximum Gasteiger partial charge on any atom is 0.249 e. The zero-order chi connectivity index (χ0) is 18.2. The predicted octanol–water partition coefficient (Wildman–Crippen LogP) is 1.86. The van der Waals surface area contributed by atoms with Crippen LogP contribution in [0.1, 0.15) is 5.82 Å². The van der Waals surface area contributed by atoms with Crippen LogP contribution in [0.25, 0.3) is 0 Å². The second-order valence-electron chi connectivity index (χ2n) is 5.79. The smallest absolute Gasteiger partial charge is 0.249 e. The zero-order valence-corrected chi connectivity index (χ0v) is 15.1. The number of imidazole rings is 1. The summed E-state index contributed by atoms with van der Waals surface area (Å²) in [6, 6.07) is 3.02. The summed E-state index contributed by atoms with van der Waals surface area (Å²) in [6.45, 7) is 1.67. The molecule has 2 aromatic rings. The van der Waals surface area contributed by atoms with E-state index in [0.717, 1.165) is 28.3 Å². The minimum atomic E-state index is -4.21. The summed E-state index contributed by atoms with van der Waals surface area (Å²) in [6.07, 6.45) is 1.55. The molecule has 6 nitrogen and oxygen atoms in total. The number of benzene rings is 1. The molecule has 1 fully saturated rings. The van der Waals surface area contributed by atoms with Gasteiger partial charge in [-0.2, -0.15) is 4.31 Å². The van der Waals surface area contributed by atoms with Crippen molar-refractivity contribution in [3.05, 3.63) is 47.0 Å². The van der Waals surface area contributed by atoms with E-state index in [2.05, 4.69) is 4.98 Å². The highest BCUT2D eigenvalue weighted by Crippen LogP contribution is 2.24. The standard InChI is InChI=1S/C15H17ClF2N4O2S/c1-20-13(16)9-19-14(20)10-21-5-7-22(8-6-21)25(23,24)15-11(17)3-2-4-12(15)18/h2-4,9H,5-8,10H2,1H3. The van der Waals surface area contributed by atoms with Crippen LogP contribution in [0, 0.1) is 11.6 Å². The summed E-state index contributed by atoms with van der Waals surface area (Å²) in [7, 11) is -2.41. The van der Waals surface area contributed by atoms with Gasteiger partial charge in [-0.15, -0.1) is 0 Å². The lowest BCUT2D eigenvalue weighted by molar-refractivity contribution is 0.176. The van der Waals surface area contributed by atoms with Crippen LogP contribution in [0.5, 0.6) is 0 Å². The highest BCUT2D eigenvalue weighted by Gasteiger charge is 2.33. The van der Waals surface area contributed by atoms with Gasteiger partial charge < -0.3 is 4.57 Å². The largest absolute Gasteiger partial charge is 0.321 e. The summed E-state index contributed by atoms with van der Waals surface area (Å²) in [4.78, 5) is 5.33. The van der Waals surface area contributed by atoms with E-state index in [9.17, 15) is 17.2 Å². The van der Waals surface area contributed by atoms with E-state index in [4.69, 9.17) is 11.6 Å². The average Bonchev–Trinajstić information content (AvgIpc) is 2.87. The van der Waals surface area contributed by atoms with Crippen LogP contribution in [-0.4, -0.2) is 53.4 Å². The molecule has 2 heterocycles. The van der Waals surface area contributed by atoms with E-state index in [0.29, 0.717) is 24.8 Å². The molecule has 0 spiro atoms. The zero-order valence-electron chi connectivity index (χ0n) is 13.5. The van der Waals surface area contributed by atoms with Crippen LogP contribution in [-0.2, 0) is 23.6 Å². The van der Waals surface area contributed by atoms with Gasteiger partial charge in [0.15, 0.2) is 4.90 Å². The summed E-state index contributed by atoms with van der Waals surface area (Å²) in [5.41, 5.74) is 0. The van der Waals surface area contributed by atoms with Crippen LogP contribution < -0.4 is 0 Å². The third-order valence-corrected chi connectivity index (χ3v) is 6.54. The lowest BCUT2D eigenvalue weighted by Crippen LogP contribution is -2.48. The first kappa shape index (κ1) is 18.2. The fourth-order valence-corrected chi connectivity index (χ4v) is 4.43. The van der Waals surface area contributed by atoms with E-state index >= 15 is 0 Å². The van der Waals surface area contributed by atoms with Crippen molar-refractivity contribution in [2.45, 2.75) is 11.4 Å². The highest BCUT2D eigenvalue weighted by atomic mass is 35.5. The van der Waals surface area contributed by atoms with E-state index in [-0.39, 0.29) is 13.1 Å². The normalized spacial score (nSPS) is 17.1. The van der Waals surface area contributed by atoms with E-state index in [1.807, 2.05) is 4.90 Å². The predicted molar refractivity (Wildman–Crippen MR) is 88.6 cm³/mol. The summed E-state index contributed by atoms with van der Waals surface area (Å²) >= 11 is 5.95. The van der Waals surface area contributed by atoms with Gasteiger partial charge >= 0.3 is 0 Å². The molecule has 1 aliphatic heterocycles. The molecule has 1 aliphatic rings. The Morgan fingerprint density at radius 1 is 1.16 bits per heavy atom. The average molecular weight is 391 g/mol. The number of hydrogen-bond acceptors (Lipinski definition) is 4. The lowest BCUT2D eigenvalue weighted by atomic mass is 10.3. The SMILES string of the molecule is Cn1c(Cl)cnc1CN1CCN(S(=O)(=O)c2c(F)cccc2F)CC1. The molecule has 1 saturated heterocycles. The Labute approximate surface area is 149 Å².